The maximum Gasteiger partial charge on any atom is 0.0541 e. The Morgan fingerprint density at radius 1 is 0.353 bits per heavy atom. The van der Waals surface area contributed by atoms with Gasteiger partial charge in [0.2, 0.25) is 0 Å². The van der Waals surface area contributed by atoms with E-state index in [1.165, 1.54) is 66.3 Å². The van der Waals surface area contributed by atoms with Gasteiger partial charge in [-0.1, -0.05) is 147 Å². The van der Waals surface area contributed by atoms with Crippen LogP contribution in [0.25, 0.3) is 77.9 Å². The Kier molecular flexibility index (Phi) is 6.56. The molecule has 0 saturated heterocycles. The number of benzene rings is 7. The Hall–Kier alpha value is -6.38. The van der Waals surface area contributed by atoms with Crippen LogP contribution < -0.4 is 0 Å². The van der Waals surface area contributed by atoms with Gasteiger partial charge in [-0.05, 0) is 93.0 Å². The van der Waals surface area contributed by atoms with E-state index in [2.05, 4.69) is 205 Å². The summed E-state index contributed by atoms with van der Waals surface area (Å²) in [5, 5.41) is 2.51. The van der Waals surface area contributed by atoms with Crippen LogP contribution in [0.5, 0.6) is 0 Å². The van der Waals surface area contributed by atoms with E-state index in [1.807, 2.05) is 0 Å². The molecule has 0 spiro atoms. The second-order valence-corrected chi connectivity index (χ2v) is 14.2. The van der Waals surface area contributed by atoms with Gasteiger partial charge in [-0.15, -0.1) is 0 Å². The molecule has 0 amide bonds. The van der Waals surface area contributed by atoms with Gasteiger partial charge in [-0.2, -0.15) is 0 Å². The predicted octanol–water partition coefficient (Wildman–Crippen LogP) is 12.9. The smallest absolute Gasteiger partial charge is 0.0541 e. The fraction of sp³-hybridized carbons (Fsp3) is 0.0612. The molecule has 2 aromatic heterocycles. The monoisotopic (exact) mass is 652 g/mol. The number of para-hydroxylation sites is 2. The number of hydrogen-bond acceptors (Lipinski definition) is 0. The third-order valence-electron chi connectivity index (χ3n) is 10.9. The predicted molar refractivity (Wildman–Crippen MR) is 214 cm³/mol. The quantitative estimate of drug-likeness (QED) is 0.175. The van der Waals surface area contributed by atoms with E-state index in [1.54, 1.807) is 0 Å². The van der Waals surface area contributed by atoms with Gasteiger partial charge in [0.25, 0.3) is 0 Å². The second kappa shape index (κ2) is 11.3. The summed E-state index contributed by atoms with van der Waals surface area (Å²) in [7, 11) is 0. The lowest BCUT2D eigenvalue weighted by atomic mass is 9.81. The van der Waals surface area contributed by atoms with E-state index in [0.29, 0.717) is 0 Å². The van der Waals surface area contributed by atoms with Crippen molar-refractivity contribution in [1.29, 1.82) is 0 Å². The van der Waals surface area contributed by atoms with E-state index in [9.17, 15) is 0 Å². The van der Waals surface area contributed by atoms with Crippen molar-refractivity contribution in [3.63, 3.8) is 0 Å². The minimum absolute atomic E-state index is 0.0867. The Labute approximate surface area is 298 Å². The zero-order valence-electron chi connectivity index (χ0n) is 28.7. The molecule has 2 heterocycles. The van der Waals surface area contributed by atoms with Gasteiger partial charge < -0.3 is 9.13 Å². The van der Waals surface area contributed by atoms with Crippen molar-refractivity contribution in [3.8, 4) is 56.1 Å². The van der Waals surface area contributed by atoms with Crippen molar-refractivity contribution in [3.05, 3.63) is 193 Å². The van der Waals surface area contributed by atoms with Crippen molar-refractivity contribution in [2.75, 3.05) is 0 Å². The molecule has 1 aliphatic rings. The lowest BCUT2D eigenvalue weighted by Crippen LogP contribution is -2.14. The number of rotatable bonds is 5. The Morgan fingerprint density at radius 2 is 0.863 bits per heavy atom. The molecule has 0 fully saturated rings. The van der Waals surface area contributed by atoms with Crippen molar-refractivity contribution in [1.82, 2.24) is 9.13 Å². The number of fused-ring (bicyclic) bond motifs is 6. The highest BCUT2D eigenvalue weighted by Gasteiger charge is 2.35. The minimum Gasteiger partial charge on any atom is -0.309 e. The Balaban J connectivity index is 1.28. The van der Waals surface area contributed by atoms with Gasteiger partial charge in [0.1, 0.15) is 0 Å². The molecule has 2 heteroatoms. The van der Waals surface area contributed by atoms with Gasteiger partial charge in [0.05, 0.1) is 22.4 Å². The van der Waals surface area contributed by atoms with Gasteiger partial charge in [0, 0.05) is 27.6 Å². The first-order valence-electron chi connectivity index (χ1n) is 17.8. The number of nitrogens with zero attached hydrogens (tertiary/aromatic N) is 2. The van der Waals surface area contributed by atoms with Crippen LogP contribution in [0.15, 0.2) is 182 Å². The normalized spacial score (nSPS) is 13.1. The summed E-state index contributed by atoms with van der Waals surface area (Å²) in [6.07, 6.45) is 0. The molecular formula is C49H36N2. The zero-order valence-corrected chi connectivity index (χ0v) is 28.7. The van der Waals surface area contributed by atoms with Gasteiger partial charge in [-0.3, -0.25) is 0 Å². The minimum atomic E-state index is -0.0867. The fourth-order valence-electron chi connectivity index (χ4n) is 8.49. The summed E-state index contributed by atoms with van der Waals surface area (Å²) in [6.45, 7) is 4.72. The molecule has 0 bridgehead atoms. The summed E-state index contributed by atoms with van der Waals surface area (Å²) in [6, 6.07) is 66.7. The van der Waals surface area contributed by atoms with Crippen LogP contribution in [-0.4, -0.2) is 9.13 Å². The molecular weight excluding hydrogens is 617 g/mol. The molecule has 10 rings (SSSR count). The molecule has 0 N–H and O–H groups in total. The van der Waals surface area contributed by atoms with Crippen LogP contribution in [0.3, 0.4) is 0 Å². The van der Waals surface area contributed by atoms with Crippen LogP contribution in [0.2, 0.25) is 0 Å². The lowest BCUT2D eigenvalue weighted by molar-refractivity contribution is 0.660. The SMILES string of the molecule is CC1(C)c2ccccc2-c2ccc(-c3cc(-n4c(-c5ccccc5)ccc4-c4ccccc4)cc(-n4c5ccccc5c5ccccc54)c3)cc21. The highest BCUT2D eigenvalue weighted by atomic mass is 15.0. The standard InChI is InChI=1S/C49H36N2/c1-49(2)43-22-12-9-19-39(43)40-26-25-35(31-44(40)49)36-29-37(32-38(30-36)51-47-23-13-10-20-41(47)42-21-11-14-24-48(42)51)50-45(33-15-5-3-6-16-33)27-28-46(50)34-17-7-4-8-18-34/h3-32H,1-2H3. The average molecular weight is 653 g/mol. The van der Waals surface area contributed by atoms with Crippen molar-refractivity contribution in [2.24, 2.45) is 0 Å². The van der Waals surface area contributed by atoms with Gasteiger partial charge in [0.15, 0.2) is 0 Å². The zero-order chi connectivity index (χ0) is 34.1. The molecule has 9 aromatic rings. The molecule has 51 heavy (non-hydrogen) atoms. The maximum absolute atomic E-state index is 2.44. The van der Waals surface area contributed by atoms with Crippen LogP contribution >= 0.6 is 0 Å². The Morgan fingerprint density at radius 3 is 1.49 bits per heavy atom. The van der Waals surface area contributed by atoms with E-state index in [4.69, 9.17) is 0 Å². The maximum atomic E-state index is 2.44. The first-order chi connectivity index (χ1) is 25.1. The third kappa shape index (κ3) is 4.57. The van der Waals surface area contributed by atoms with Crippen LogP contribution in [0.1, 0.15) is 25.0 Å². The third-order valence-corrected chi connectivity index (χ3v) is 10.9. The summed E-state index contributed by atoms with van der Waals surface area (Å²) >= 11 is 0. The van der Waals surface area contributed by atoms with Crippen LogP contribution in [0, 0.1) is 0 Å². The number of aromatic nitrogens is 2. The van der Waals surface area contributed by atoms with E-state index < -0.39 is 0 Å². The highest BCUT2D eigenvalue weighted by Crippen LogP contribution is 2.50. The highest BCUT2D eigenvalue weighted by molar-refractivity contribution is 6.09. The van der Waals surface area contributed by atoms with Gasteiger partial charge >= 0.3 is 0 Å². The molecule has 0 unspecified atom stereocenters. The summed E-state index contributed by atoms with van der Waals surface area (Å²) in [5.41, 5.74) is 17.1. The first kappa shape index (κ1) is 29.5. The molecule has 0 aliphatic heterocycles. The van der Waals surface area contributed by atoms with Crippen molar-refractivity contribution in [2.45, 2.75) is 19.3 Å². The molecule has 0 atom stereocenters. The van der Waals surface area contributed by atoms with Crippen LogP contribution in [0.4, 0.5) is 0 Å². The number of hydrogen-bond donors (Lipinski definition) is 0. The summed E-state index contributed by atoms with van der Waals surface area (Å²) in [4.78, 5) is 0. The topological polar surface area (TPSA) is 9.86 Å². The molecule has 0 saturated carbocycles. The molecule has 242 valence electrons. The Bertz CT molecular complexity index is 2650. The van der Waals surface area contributed by atoms with Crippen molar-refractivity contribution < 1.29 is 0 Å². The largest absolute Gasteiger partial charge is 0.309 e. The molecule has 0 radical (unpaired) electrons. The molecule has 7 aromatic carbocycles. The molecule has 2 nitrogen and oxygen atoms in total. The lowest BCUT2D eigenvalue weighted by Gasteiger charge is -2.22. The van der Waals surface area contributed by atoms with Crippen molar-refractivity contribution >= 4 is 21.8 Å². The fourth-order valence-corrected chi connectivity index (χ4v) is 8.49. The van der Waals surface area contributed by atoms with E-state index in [0.717, 1.165) is 22.8 Å². The summed E-state index contributed by atoms with van der Waals surface area (Å²) in [5.74, 6) is 0. The molecule has 1 aliphatic carbocycles. The van der Waals surface area contributed by atoms with Crippen LogP contribution in [-0.2, 0) is 5.41 Å². The first-order valence-corrected chi connectivity index (χ1v) is 17.8. The second-order valence-electron chi connectivity index (χ2n) is 14.2. The average Bonchev–Trinajstić information content (AvgIpc) is 3.85. The van der Waals surface area contributed by atoms with Gasteiger partial charge in [-0.25, -0.2) is 0 Å². The van der Waals surface area contributed by atoms with E-state index in [-0.39, 0.29) is 5.41 Å². The van der Waals surface area contributed by atoms with E-state index >= 15 is 0 Å². The summed E-state index contributed by atoms with van der Waals surface area (Å²) < 4.78 is 4.89.